The van der Waals surface area contributed by atoms with Crippen LogP contribution in [0.4, 0.5) is 0 Å². The van der Waals surface area contributed by atoms with Crippen LogP contribution in [0.3, 0.4) is 0 Å². The van der Waals surface area contributed by atoms with Gasteiger partial charge in [-0.1, -0.05) is 24.3 Å². The SMILES string of the molecule is CCS(=O)(=O)NC(C)c1ccc(C=CC(=O)O)cc1. The number of aliphatic carboxylic acids is 1. The lowest BCUT2D eigenvalue weighted by atomic mass is 10.1. The smallest absolute Gasteiger partial charge is 0.328 e. The fourth-order valence-electron chi connectivity index (χ4n) is 1.48. The molecule has 1 unspecified atom stereocenters. The Morgan fingerprint density at radius 3 is 2.42 bits per heavy atom. The van der Waals surface area contributed by atoms with E-state index in [2.05, 4.69) is 4.72 Å². The maximum Gasteiger partial charge on any atom is 0.328 e. The Hall–Kier alpha value is -1.66. The summed E-state index contributed by atoms with van der Waals surface area (Å²) in [5.41, 5.74) is 1.57. The van der Waals surface area contributed by atoms with E-state index in [1.807, 2.05) is 0 Å². The molecular weight excluding hydrogens is 266 g/mol. The molecule has 1 aromatic rings. The third kappa shape index (κ3) is 5.23. The van der Waals surface area contributed by atoms with Gasteiger partial charge in [0.2, 0.25) is 10.0 Å². The van der Waals surface area contributed by atoms with E-state index in [-0.39, 0.29) is 11.8 Å². The number of rotatable bonds is 6. The van der Waals surface area contributed by atoms with Crippen molar-refractivity contribution in [1.29, 1.82) is 0 Å². The molecule has 0 spiro atoms. The molecule has 104 valence electrons. The molecule has 2 N–H and O–H groups in total. The van der Waals surface area contributed by atoms with Gasteiger partial charge in [-0.3, -0.25) is 0 Å². The summed E-state index contributed by atoms with van der Waals surface area (Å²) in [7, 11) is -3.24. The highest BCUT2D eigenvalue weighted by atomic mass is 32.2. The third-order valence-electron chi connectivity index (χ3n) is 2.59. The standard InChI is InChI=1S/C13H17NO4S/c1-3-19(17,18)14-10(2)12-7-4-11(5-8-12)6-9-13(15)16/h4-10,14H,3H2,1-2H3,(H,15,16). The maximum atomic E-state index is 11.4. The van der Waals surface area contributed by atoms with E-state index in [1.165, 1.54) is 6.08 Å². The van der Waals surface area contributed by atoms with Gasteiger partial charge in [0, 0.05) is 12.1 Å². The van der Waals surface area contributed by atoms with Gasteiger partial charge in [0.1, 0.15) is 0 Å². The predicted octanol–water partition coefficient (Wildman–Crippen LogP) is 1.78. The molecule has 1 aromatic carbocycles. The molecule has 0 radical (unpaired) electrons. The maximum absolute atomic E-state index is 11.4. The van der Waals surface area contributed by atoms with E-state index in [9.17, 15) is 13.2 Å². The van der Waals surface area contributed by atoms with Crippen LogP contribution in [0, 0.1) is 0 Å². The Morgan fingerprint density at radius 2 is 1.95 bits per heavy atom. The normalized spacial score (nSPS) is 13.6. The van der Waals surface area contributed by atoms with Crippen molar-refractivity contribution < 1.29 is 18.3 Å². The van der Waals surface area contributed by atoms with Crippen molar-refractivity contribution in [2.45, 2.75) is 19.9 Å². The summed E-state index contributed by atoms with van der Waals surface area (Å²) in [6, 6.07) is 6.70. The van der Waals surface area contributed by atoms with Crippen LogP contribution in [-0.4, -0.2) is 25.2 Å². The number of sulfonamides is 1. The van der Waals surface area contributed by atoms with Gasteiger partial charge in [0.15, 0.2) is 0 Å². The molecule has 6 heteroatoms. The zero-order valence-electron chi connectivity index (χ0n) is 10.8. The van der Waals surface area contributed by atoms with E-state index < -0.39 is 16.0 Å². The molecule has 0 aliphatic rings. The van der Waals surface area contributed by atoms with Crippen molar-refractivity contribution in [3.05, 3.63) is 41.5 Å². The minimum Gasteiger partial charge on any atom is -0.478 e. The Labute approximate surface area is 113 Å². The van der Waals surface area contributed by atoms with E-state index >= 15 is 0 Å². The summed E-state index contributed by atoms with van der Waals surface area (Å²) in [5.74, 6) is -0.968. The van der Waals surface area contributed by atoms with Crippen LogP contribution < -0.4 is 4.72 Å². The summed E-state index contributed by atoms with van der Waals surface area (Å²) < 4.78 is 25.4. The minimum atomic E-state index is -3.24. The molecule has 0 saturated carbocycles. The number of carboxylic acids is 1. The van der Waals surface area contributed by atoms with Crippen LogP contribution in [0.25, 0.3) is 6.08 Å². The molecule has 0 bridgehead atoms. The molecule has 5 nitrogen and oxygen atoms in total. The average molecular weight is 283 g/mol. The molecule has 0 saturated heterocycles. The minimum absolute atomic E-state index is 0.0385. The first-order valence-corrected chi connectivity index (χ1v) is 7.50. The molecule has 0 heterocycles. The second-order valence-corrected chi connectivity index (χ2v) is 6.12. The van der Waals surface area contributed by atoms with Gasteiger partial charge < -0.3 is 5.11 Å². The predicted molar refractivity (Wildman–Crippen MR) is 74.1 cm³/mol. The molecule has 0 aromatic heterocycles. The van der Waals surface area contributed by atoms with Gasteiger partial charge in [0.05, 0.1) is 5.75 Å². The van der Waals surface area contributed by atoms with Crippen molar-refractivity contribution >= 4 is 22.1 Å². The molecule has 0 aliphatic heterocycles. The van der Waals surface area contributed by atoms with Crippen LogP contribution >= 0.6 is 0 Å². The van der Waals surface area contributed by atoms with Crippen molar-refractivity contribution in [2.75, 3.05) is 5.75 Å². The zero-order valence-corrected chi connectivity index (χ0v) is 11.6. The first kappa shape index (κ1) is 15.4. The van der Waals surface area contributed by atoms with Gasteiger partial charge >= 0.3 is 5.97 Å². The molecule has 19 heavy (non-hydrogen) atoms. The summed E-state index contributed by atoms with van der Waals surface area (Å²) >= 11 is 0. The number of hydrogen-bond acceptors (Lipinski definition) is 3. The van der Waals surface area contributed by atoms with Crippen LogP contribution in [0.1, 0.15) is 31.0 Å². The third-order valence-corrected chi connectivity index (χ3v) is 4.06. The molecule has 0 aliphatic carbocycles. The summed E-state index contributed by atoms with van der Waals surface area (Å²) in [5, 5.41) is 8.51. The summed E-state index contributed by atoms with van der Waals surface area (Å²) in [6.07, 6.45) is 2.53. The van der Waals surface area contributed by atoms with Gasteiger partial charge in [-0.2, -0.15) is 0 Å². The second kappa shape index (κ2) is 6.49. The van der Waals surface area contributed by atoms with E-state index in [1.54, 1.807) is 38.1 Å². The summed E-state index contributed by atoms with van der Waals surface area (Å²) in [6.45, 7) is 3.34. The first-order chi connectivity index (χ1) is 8.84. The lowest BCUT2D eigenvalue weighted by Crippen LogP contribution is -2.28. The monoisotopic (exact) mass is 283 g/mol. The first-order valence-electron chi connectivity index (χ1n) is 5.85. The highest BCUT2D eigenvalue weighted by molar-refractivity contribution is 7.89. The lowest BCUT2D eigenvalue weighted by Gasteiger charge is -2.13. The molecule has 0 fully saturated rings. The van der Waals surface area contributed by atoms with Crippen LogP contribution in [0.2, 0.25) is 0 Å². The number of hydrogen-bond donors (Lipinski definition) is 2. The van der Waals surface area contributed by atoms with Gasteiger partial charge in [-0.05, 0) is 31.1 Å². The Bertz CT molecular complexity index is 561. The molecular formula is C13H17NO4S. The summed E-state index contributed by atoms with van der Waals surface area (Å²) in [4.78, 5) is 10.4. The fraction of sp³-hybridized carbons (Fsp3) is 0.308. The van der Waals surface area contributed by atoms with Gasteiger partial charge in [-0.15, -0.1) is 0 Å². The zero-order chi connectivity index (χ0) is 14.5. The highest BCUT2D eigenvalue weighted by Gasteiger charge is 2.13. The van der Waals surface area contributed by atoms with Crippen molar-refractivity contribution in [3.63, 3.8) is 0 Å². The Morgan fingerprint density at radius 1 is 1.37 bits per heavy atom. The second-order valence-electron chi connectivity index (χ2n) is 4.08. The lowest BCUT2D eigenvalue weighted by molar-refractivity contribution is -0.131. The van der Waals surface area contributed by atoms with Gasteiger partial charge in [-0.25, -0.2) is 17.9 Å². The average Bonchev–Trinajstić information content (AvgIpc) is 2.36. The van der Waals surface area contributed by atoms with E-state index in [0.717, 1.165) is 17.2 Å². The van der Waals surface area contributed by atoms with E-state index in [0.29, 0.717) is 0 Å². The van der Waals surface area contributed by atoms with Crippen molar-refractivity contribution in [1.82, 2.24) is 4.72 Å². The van der Waals surface area contributed by atoms with Crippen molar-refractivity contribution in [3.8, 4) is 0 Å². The number of carboxylic acid groups (broad SMARTS) is 1. The Kier molecular flexibility index (Phi) is 5.26. The Balaban J connectivity index is 2.79. The topological polar surface area (TPSA) is 83.5 Å². The van der Waals surface area contributed by atoms with E-state index in [4.69, 9.17) is 5.11 Å². The molecule has 1 rings (SSSR count). The van der Waals surface area contributed by atoms with Crippen LogP contribution in [-0.2, 0) is 14.8 Å². The van der Waals surface area contributed by atoms with Crippen LogP contribution in [0.15, 0.2) is 30.3 Å². The van der Waals surface area contributed by atoms with Gasteiger partial charge in [0.25, 0.3) is 0 Å². The largest absolute Gasteiger partial charge is 0.478 e. The highest BCUT2D eigenvalue weighted by Crippen LogP contribution is 2.15. The molecule has 1 atom stereocenters. The number of nitrogens with one attached hydrogen (secondary N) is 1. The van der Waals surface area contributed by atoms with Crippen molar-refractivity contribution in [2.24, 2.45) is 0 Å². The molecule has 0 amide bonds. The quantitative estimate of drug-likeness (QED) is 0.780. The number of benzene rings is 1. The van der Waals surface area contributed by atoms with Crippen LogP contribution in [0.5, 0.6) is 0 Å². The number of carbonyl (C=O) groups is 1. The fourth-order valence-corrected chi connectivity index (χ4v) is 2.33.